The van der Waals surface area contributed by atoms with Gasteiger partial charge in [-0.1, -0.05) is 60.2 Å². The van der Waals surface area contributed by atoms with E-state index in [1.165, 1.54) is 0 Å². The van der Waals surface area contributed by atoms with Crippen molar-refractivity contribution in [3.05, 3.63) is 81.9 Å². The molecule has 0 radical (unpaired) electrons. The molecule has 0 bridgehead atoms. The van der Waals surface area contributed by atoms with E-state index in [0.717, 1.165) is 10.1 Å². The average molecular weight is 383 g/mol. The summed E-state index contributed by atoms with van der Waals surface area (Å²) >= 11 is 0. The first-order valence-electron chi connectivity index (χ1n) is 8.62. The Kier molecular flexibility index (Phi) is 4.10. The normalized spacial score (nSPS) is 11.9. The fourth-order valence-corrected chi connectivity index (χ4v) is 3.39. The molecule has 0 aliphatic rings. The number of benzene rings is 2. The monoisotopic (exact) mass is 383 g/mol. The van der Waals surface area contributed by atoms with E-state index < -0.39 is 17.4 Å². The molecule has 0 spiro atoms. The summed E-state index contributed by atoms with van der Waals surface area (Å²) < 4.78 is 42.0. The van der Waals surface area contributed by atoms with Crippen LogP contribution in [-0.2, 0) is 6.18 Å². The molecule has 0 atom stereocenters. The van der Waals surface area contributed by atoms with E-state index in [1.54, 1.807) is 49.4 Å². The van der Waals surface area contributed by atoms with Crippen molar-refractivity contribution in [2.45, 2.75) is 20.0 Å². The zero-order valence-electron chi connectivity index (χ0n) is 15.1. The number of hydrogen-bond acceptors (Lipinski definition) is 2. The number of nitrogens with zero attached hydrogens (tertiary/aromatic N) is 2. The maximum Gasteiger partial charge on any atom is 0.433 e. The third-order valence-corrected chi connectivity index (χ3v) is 4.61. The number of hydrogen-bond donors (Lipinski definition) is 1. The van der Waals surface area contributed by atoms with E-state index in [1.807, 2.05) is 19.1 Å². The summed E-state index contributed by atoms with van der Waals surface area (Å²) in [7, 11) is 0. The Bertz CT molecular complexity index is 1240. The lowest BCUT2D eigenvalue weighted by Gasteiger charge is -2.08. The van der Waals surface area contributed by atoms with Gasteiger partial charge in [-0.15, -0.1) is 0 Å². The minimum atomic E-state index is -4.66. The highest BCUT2D eigenvalue weighted by molar-refractivity contribution is 5.81. The van der Waals surface area contributed by atoms with Crippen LogP contribution in [0.1, 0.15) is 17.0 Å². The highest BCUT2D eigenvalue weighted by Gasteiger charge is 2.38. The van der Waals surface area contributed by atoms with Gasteiger partial charge < -0.3 is 0 Å². The minimum absolute atomic E-state index is 0.0440. The second-order valence-corrected chi connectivity index (χ2v) is 6.63. The van der Waals surface area contributed by atoms with Crippen molar-refractivity contribution in [2.24, 2.45) is 0 Å². The number of nitrogens with one attached hydrogen (secondary N) is 1. The second kappa shape index (κ2) is 6.37. The molecule has 4 rings (SSSR count). The Morgan fingerprint density at radius 1 is 0.929 bits per heavy atom. The highest BCUT2D eigenvalue weighted by Crippen LogP contribution is 2.38. The molecule has 2 heterocycles. The van der Waals surface area contributed by atoms with Gasteiger partial charge in [0, 0.05) is 0 Å². The van der Waals surface area contributed by atoms with Crippen LogP contribution in [0.3, 0.4) is 0 Å². The number of aryl methyl sites for hydroxylation is 2. The Hall–Kier alpha value is -3.35. The van der Waals surface area contributed by atoms with Crippen LogP contribution in [0.4, 0.5) is 13.2 Å². The predicted molar refractivity (Wildman–Crippen MR) is 101 cm³/mol. The fourth-order valence-electron chi connectivity index (χ4n) is 3.39. The number of aromatic amines is 1. The van der Waals surface area contributed by atoms with Crippen LogP contribution in [0.15, 0.2) is 59.4 Å². The van der Waals surface area contributed by atoms with Crippen molar-refractivity contribution in [3.8, 4) is 22.3 Å². The standard InChI is InChI=1S/C21H16F3N3O/c1-12-7-6-10-15(11-12)16-13(2)25-19-17(14-8-4-3-5-9-14)18(21(22,23)24)26-27(19)20(16)28/h3-11,26H,1-2H3. The molecule has 4 nitrogen and oxygen atoms in total. The smallest absolute Gasteiger partial charge is 0.284 e. The largest absolute Gasteiger partial charge is 0.433 e. The molecule has 0 saturated carbocycles. The Morgan fingerprint density at radius 3 is 2.25 bits per heavy atom. The quantitative estimate of drug-likeness (QED) is 0.530. The molecule has 0 amide bonds. The number of alkyl halides is 3. The predicted octanol–water partition coefficient (Wildman–Crippen LogP) is 4.99. The number of rotatable bonds is 2. The third kappa shape index (κ3) is 2.89. The van der Waals surface area contributed by atoms with E-state index >= 15 is 0 Å². The van der Waals surface area contributed by atoms with Crippen molar-refractivity contribution < 1.29 is 13.2 Å². The van der Waals surface area contributed by atoms with Gasteiger partial charge in [0.1, 0.15) is 5.69 Å². The number of fused-ring (bicyclic) bond motifs is 1. The van der Waals surface area contributed by atoms with Crippen molar-refractivity contribution in [3.63, 3.8) is 0 Å². The van der Waals surface area contributed by atoms with E-state index in [-0.39, 0.29) is 16.8 Å². The summed E-state index contributed by atoms with van der Waals surface area (Å²) in [4.78, 5) is 17.5. The summed E-state index contributed by atoms with van der Waals surface area (Å²) in [5.74, 6) is 0. The first-order valence-corrected chi connectivity index (χ1v) is 8.62. The molecule has 2 aromatic heterocycles. The lowest BCUT2D eigenvalue weighted by atomic mass is 10.0. The summed E-state index contributed by atoms with van der Waals surface area (Å²) in [6.45, 7) is 3.51. The number of halogens is 3. The summed E-state index contributed by atoms with van der Waals surface area (Å²) in [5.41, 5.74) is 0.800. The van der Waals surface area contributed by atoms with Gasteiger partial charge in [-0.3, -0.25) is 9.89 Å². The van der Waals surface area contributed by atoms with Crippen LogP contribution in [0.5, 0.6) is 0 Å². The maximum atomic E-state index is 13.7. The van der Waals surface area contributed by atoms with Crippen LogP contribution >= 0.6 is 0 Å². The summed E-state index contributed by atoms with van der Waals surface area (Å²) in [6.07, 6.45) is -4.66. The molecule has 0 aliphatic carbocycles. The van der Waals surface area contributed by atoms with Crippen molar-refractivity contribution in [2.75, 3.05) is 0 Å². The molecular formula is C21H16F3N3O. The number of aromatic nitrogens is 3. The summed E-state index contributed by atoms with van der Waals surface area (Å²) in [5, 5.41) is 2.24. The van der Waals surface area contributed by atoms with Gasteiger partial charge in [0.2, 0.25) is 0 Å². The molecule has 7 heteroatoms. The van der Waals surface area contributed by atoms with Gasteiger partial charge in [-0.2, -0.15) is 17.7 Å². The van der Waals surface area contributed by atoms with Gasteiger partial charge in [-0.05, 0) is 25.0 Å². The first kappa shape index (κ1) is 18.0. The fraction of sp³-hybridized carbons (Fsp3) is 0.143. The van der Waals surface area contributed by atoms with Gasteiger partial charge in [0.15, 0.2) is 5.65 Å². The molecule has 0 saturated heterocycles. The minimum Gasteiger partial charge on any atom is -0.284 e. The van der Waals surface area contributed by atoms with Crippen LogP contribution < -0.4 is 5.56 Å². The van der Waals surface area contributed by atoms with E-state index in [4.69, 9.17) is 0 Å². The van der Waals surface area contributed by atoms with E-state index in [9.17, 15) is 18.0 Å². The molecule has 0 fully saturated rings. The SMILES string of the molecule is Cc1cccc(-c2c(C)nc3c(-c4ccccc4)c(C(F)(F)F)[nH]n3c2=O)c1. The summed E-state index contributed by atoms with van der Waals surface area (Å²) in [6, 6.07) is 15.4. The highest BCUT2D eigenvalue weighted by atomic mass is 19.4. The first-order chi connectivity index (χ1) is 13.3. The van der Waals surface area contributed by atoms with Crippen LogP contribution in [0, 0.1) is 13.8 Å². The molecular weight excluding hydrogens is 367 g/mol. The van der Waals surface area contributed by atoms with Crippen LogP contribution in [-0.4, -0.2) is 14.6 Å². The maximum absolute atomic E-state index is 13.7. The van der Waals surface area contributed by atoms with Crippen LogP contribution in [0.2, 0.25) is 0 Å². The molecule has 0 aliphatic heterocycles. The van der Waals surface area contributed by atoms with Crippen molar-refractivity contribution >= 4 is 5.65 Å². The van der Waals surface area contributed by atoms with Gasteiger partial charge in [-0.25, -0.2) is 4.98 Å². The average Bonchev–Trinajstić information content (AvgIpc) is 3.02. The topological polar surface area (TPSA) is 50.2 Å². The zero-order valence-corrected chi connectivity index (χ0v) is 15.1. The van der Waals surface area contributed by atoms with Gasteiger partial charge >= 0.3 is 6.18 Å². The van der Waals surface area contributed by atoms with E-state index in [0.29, 0.717) is 16.8 Å². The van der Waals surface area contributed by atoms with E-state index in [2.05, 4.69) is 10.1 Å². The number of H-pyrrole nitrogens is 1. The van der Waals surface area contributed by atoms with Gasteiger partial charge in [0.25, 0.3) is 5.56 Å². The molecule has 0 unspecified atom stereocenters. The Morgan fingerprint density at radius 2 is 1.61 bits per heavy atom. The molecule has 4 aromatic rings. The lowest BCUT2D eigenvalue weighted by molar-refractivity contribution is -0.140. The molecule has 1 N–H and O–H groups in total. The lowest BCUT2D eigenvalue weighted by Crippen LogP contribution is -2.19. The second-order valence-electron chi connectivity index (χ2n) is 6.63. The Balaban J connectivity index is 2.10. The van der Waals surface area contributed by atoms with Crippen molar-refractivity contribution in [1.29, 1.82) is 0 Å². The third-order valence-electron chi connectivity index (χ3n) is 4.61. The van der Waals surface area contributed by atoms with Crippen LogP contribution in [0.25, 0.3) is 27.9 Å². The van der Waals surface area contributed by atoms with Gasteiger partial charge in [0.05, 0.1) is 16.8 Å². The molecule has 142 valence electrons. The molecule has 2 aromatic carbocycles. The molecule has 28 heavy (non-hydrogen) atoms. The Labute approximate surface area is 158 Å². The zero-order chi connectivity index (χ0) is 20.1. The van der Waals surface area contributed by atoms with Crippen molar-refractivity contribution in [1.82, 2.24) is 14.6 Å².